The Morgan fingerprint density at radius 2 is 1.84 bits per heavy atom. The molecule has 0 aromatic carbocycles. The molecule has 1 aromatic rings. The molecule has 10 heteroatoms. The quantitative estimate of drug-likeness (QED) is 0.348. The summed E-state index contributed by atoms with van der Waals surface area (Å²) in [4.78, 5) is 22.8. The lowest BCUT2D eigenvalue weighted by atomic mass is 9.93. The Kier molecular flexibility index (Phi) is 7.44. The number of dihydropyridines is 1. The second-order valence-electron chi connectivity index (χ2n) is 11.2. The van der Waals surface area contributed by atoms with Crippen LogP contribution in [0.2, 0.25) is 0 Å². The number of aliphatic hydroxyl groups is 2. The fraction of sp³-hybridized carbons (Fsp3) is 0.630. The zero-order valence-corrected chi connectivity index (χ0v) is 21.9. The molecule has 5 rings (SSSR count). The van der Waals surface area contributed by atoms with Gasteiger partial charge in [0.1, 0.15) is 17.5 Å². The highest BCUT2D eigenvalue weighted by Gasteiger charge is 2.45. The molecule has 3 fully saturated rings. The number of aryl methyl sites for hydroxylation is 1. The number of carbonyl (C=O) groups excluding carboxylic acids is 1. The molecule has 5 N–H and O–H groups in total. The molecule has 3 aliphatic heterocycles. The molecule has 4 heterocycles. The fourth-order valence-electron chi connectivity index (χ4n) is 5.32. The maximum Gasteiger partial charge on any atom is 0.260 e. The van der Waals surface area contributed by atoms with Gasteiger partial charge in [0.2, 0.25) is 0 Å². The Hall–Kier alpha value is -2.66. The molecule has 0 bridgehead atoms. The standard InChI is InChI=1S/C27H40N6O4/c1-19-15-22(28-23(16-19)32-11-13-37-14-12-32)30-25(36)20-3-4-21(31-26(2,17-34)18-35)29-24(20)33-9-7-27(5-6-27)8-10-33/h3-4,15-16,21,29,31,34-35H,5-14,17-18H2,1-2H3,(H,28,30,36). The second kappa shape index (κ2) is 10.6. The third kappa shape index (κ3) is 5.93. The lowest BCUT2D eigenvalue weighted by molar-refractivity contribution is -0.112. The van der Waals surface area contributed by atoms with Gasteiger partial charge in [-0.1, -0.05) is 0 Å². The van der Waals surface area contributed by atoms with E-state index >= 15 is 0 Å². The molecule has 202 valence electrons. The third-order valence-corrected chi connectivity index (χ3v) is 8.08. The van der Waals surface area contributed by atoms with Crippen LogP contribution in [0.15, 0.2) is 35.7 Å². The van der Waals surface area contributed by atoms with E-state index in [1.807, 2.05) is 31.2 Å². The summed E-state index contributed by atoms with van der Waals surface area (Å²) in [6, 6.07) is 3.92. The van der Waals surface area contributed by atoms with Crippen LogP contribution < -0.4 is 20.9 Å². The number of hydrogen-bond donors (Lipinski definition) is 5. The lowest BCUT2D eigenvalue weighted by Crippen LogP contribution is -2.59. The van der Waals surface area contributed by atoms with Gasteiger partial charge in [-0.25, -0.2) is 4.98 Å². The number of amides is 1. The van der Waals surface area contributed by atoms with Crippen molar-refractivity contribution in [2.75, 3.05) is 62.8 Å². The SMILES string of the molecule is Cc1cc(NC(=O)C2=C(N3CCC4(CC3)CC4)NC(NC(C)(CO)CO)C=C2)nc(N2CCOCC2)c1. The van der Waals surface area contributed by atoms with Gasteiger partial charge in [-0.2, -0.15) is 0 Å². The highest BCUT2D eigenvalue weighted by Crippen LogP contribution is 2.54. The van der Waals surface area contributed by atoms with Crippen LogP contribution in [0.1, 0.15) is 38.2 Å². The van der Waals surface area contributed by atoms with Gasteiger partial charge in [0, 0.05) is 26.2 Å². The molecule has 1 atom stereocenters. The van der Waals surface area contributed by atoms with Crippen LogP contribution in [0, 0.1) is 12.3 Å². The monoisotopic (exact) mass is 512 g/mol. The van der Waals surface area contributed by atoms with Crippen molar-refractivity contribution in [2.24, 2.45) is 5.41 Å². The number of pyridine rings is 1. The van der Waals surface area contributed by atoms with E-state index in [0.717, 1.165) is 56.2 Å². The molecule has 10 nitrogen and oxygen atoms in total. The summed E-state index contributed by atoms with van der Waals surface area (Å²) >= 11 is 0. The molecule has 2 saturated heterocycles. The third-order valence-electron chi connectivity index (χ3n) is 8.08. The zero-order chi connectivity index (χ0) is 26.0. The maximum absolute atomic E-state index is 13.6. The minimum atomic E-state index is -0.853. The molecule has 1 saturated carbocycles. The highest BCUT2D eigenvalue weighted by molar-refractivity contribution is 6.06. The molecule has 0 radical (unpaired) electrons. The van der Waals surface area contributed by atoms with Gasteiger partial charge in [-0.05, 0) is 74.8 Å². The van der Waals surface area contributed by atoms with Crippen molar-refractivity contribution >= 4 is 17.5 Å². The van der Waals surface area contributed by atoms with E-state index in [4.69, 9.17) is 9.72 Å². The first kappa shape index (κ1) is 26.0. The number of likely N-dealkylation sites (tertiary alicyclic amines) is 1. The second-order valence-corrected chi connectivity index (χ2v) is 11.2. The van der Waals surface area contributed by atoms with Crippen LogP contribution in [-0.4, -0.2) is 90.3 Å². The summed E-state index contributed by atoms with van der Waals surface area (Å²) < 4.78 is 5.47. The zero-order valence-electron chi connectivity index (χ0n) is 21.9. The Bertz CT molecular complexity index is 1050. The van der Waals surface area contributed by atoms with Gasteiger partial charge in [0.25, 0.3) is 5.91 Å². The molecule has 1 unspecified atom stereocenters. The fourth-order valence-corrected chi connectivity index (χ4v) is 5.32. The van der Waals surface area contributed by atoms with Crippen molar-refractivity contribution in [2.45, 2.75) is 51.2 Å². The Balaban J connectivity index is 1.36. The van der Waals surface area contributed by atoms with Gasteiger partial charge in [0.15, 0.2) is 0 Å². The normalized spacial score (nSPS) is 23.3. The van der Waals surface area contributed by atoms with Crippen LogP contribution in [-0.2, 0) is 9.53 Å². The highest BCUT2D eigenvalue weighted by atomic mass is 16.5. The van der Waals surface area contributed by atoms with Crippen molar-refractivity contribution in [1.29, 1.82) is 0 Å². The molecule has 1 aromatic heterocycles. The Labute approximate surface area is 218 Å². The number of piperidine rings is 1. The van der Waals surface area contributed by atoms with E-state index in [0.29, 0.717) is 30.0 Å². The van der Waals surface area contributed by atoms with Gasteiger partial charge in [-0.3, -0.25) is 10.1 Å². The number of aromatic nitrogens is 1. The van der Waals surface area contributed by atoms with E-state index < -0.39 is 5.54 Å². The van der Waals surface area contributed by atoms with E-state index in [1.54, 1.807) is 6.92 Å². The minimum Gasteiger partial charge on any atom is -0.394 e. The summed E-state index contributed by atoms with van der Waals surface area (Å²) in [7, 11) is 0. The summed E-state index contributed by atoms with van der Waals surface area (Å²) in [6.45, 7) is 8.02. The number of morpholine rings is 1. The minimum absolute atomic E-state index is 0.210. The number of nitrogens with one attached hydrogen (secondary N) is 3. The first-order valence-electron chi connectivity index (χ1n) is 13.4. The lowest BCUT2D eigenvalue weighted by Gasteiger charge is -2.40. The Morgan fingerprint density at radius 3 is 2.49 bits per heavy atom. The molecule has 1 amide bonds. The van der Waals surface area contributed by atoms with E-state index in [9.17, 15) is 15.0 Å². The molecule has 37 heavy (non-hydrogen) atoms. The summed E-state index contributed by atoms with van der Waals surface area (Å²) in [5.41, 5.74) is 1.24. The van der Waals surface area contributed by atoms with Crippen LogP contribution in [0.3, 0.4) is 0 Å². The number of nitrogens with zero attached hydrogens (tertiary/aromatic N) is 3. The van der Waals surface area contributed by atoms with Crippen molar-refractivity contribution in [3.8, 4) is 0 Å². The Morgan fingerprint density at radius 1 is 1.14 bits per heavy atom. The number of ether oxygens (including phenoxy) is 1. The average Bonchev–Trinajstić information content (AvgIpc) is 3.67. The number of rotatable bonds is 8. The van der Waals surface area contributed by atoms with Crippen LogP contribution >= 0.6 is 0 Å². The largest absolute Gasteiger partial charge is 0.394 e. The average molecular weight is 513 g/mol. The van der Waals surface area contributed by atoms with E-state index in [1.165, 1.54) is 12.8 Å². The summed E-state index contributed by atoms with van der Waals surface area (Å²) in [6.07, 6.45) is 8.22. The molecular formula is C27H40N6O4. The first-order chi connectivity index (χ1) is 17.8. The topological polar surface area (TPSA) is 122 Å². The van der Waals surface area contributed by atoms with Crippen molar-refractivity contribution < 1.29 is 19.7 Å². The smallest absolute Gasteiger partial charge is 0.260 e. The number of aliphatic hydroxyl groups excluding tert-OH is 2. The van der Waals surface area contributed by atoms with Crippen molar-refractivity contribution in [1.82, 2.24) is 20.5 Å². The predicted molar refractivity (Wildman–Crippen MR) is 142 cm³/mol. The number of anilines is 2. The van der Waals surface area contributed by atoms with Gasteiger partial charge in [-0.15, -0.1) is 0 Å². The van der Waals surface area contributed by atoms with Crippen molar-refractivity contribution in [3.05, 3.63) is 41.2 Å². The number of hydrogen-bond acceptors (Lipinski definition) is 9. The van der Waals surface area contributed by atoms with E-state index in [-0.39, 0.29) is 25.3 Å². The maximum atomic E-state index is 13.6. The van der Waals surface area contributed by atoms with Gasteiger partial charge < -0.3 is 35.4 Å². The molecule has 1 spiro atoms. The van der Waals surface area contributed by atoms with Crippen LogP contribution in [0.5, 0.6) is 0 Å². The van der Waals surface area contributed by atoms with Gasteiger partial charge >= 0.3 is 0 Å². The predicted octanol–water partition coefficient (Wildman–Crippen LogP) is 1.07. The first-order valence-corrected chi connectivity index (χ1v) is 13.4. The molecular weight excluding hydrogens is 472 g/mol. The van der Waals surface area contributed by atoms with Crippen molar-refractivity contribution in [3.63, 3.8) is 0 Å². The van der Waals surface area contributed by atoms with E-state index in [2.05, 4.69) is 25.8 Å². The summed E-state index contributed by atoms with van der Waals surface area (Å²) in [5, 5.41) is 29.3. The van der Waals surface area contributed by atoms with Gasteiger partial charge in [0.05, 0.1) is 43.7 Å². The molecule has 4 aliphatic rings. The van der Waals surface area contributed by atoms with Crippen LogP contribution in [0.4, 0.5) is 11.6 Å². The van der Waals surface area contributed by atoms with Crippen LogP contribution in [0.25, 0.3) is 0 Å². The molecule has 1 aliphatic carbocycles. The summed E-state index contributed by atoms with van der Waals surface area (Å²) in [5.74, 6) is 1.91. The number of carbonyl (C=O) groups is 1.